The van der Waals surface area contributed by atoms with Gasteiger partial charge in [-0.1, -0.05) is 78.3 Å². The number of hydrogen-bond acceptors (Lipinski definition) is 4. The Morgan fingerprint density at radius 3 is 2.16 bits per heavy atom. The van der Waals surface area contributed by atoms with Crippen LogP contribution in [0.3, 0.4) is 0 Å². The highest BCUT2D eigenvalue weighted by Gasteiger charge is 2.29. The zero-order chi connectivity index (χ0) is 22.3. The predicted molar refractivity (Wildman–Crippen MR) is 125 cm³/mol. The fourth-order valence-corrected chi connectivity index (χ4v) is 4.11. The van der Waals surface area contributed by atoms with Crippen molar-refractivity contribution < 1.29 is 19.7 Å². The minimum absolute atomic E-state index is 0.0103. The molecule has 1 N–H and O–H groups in total. The maximum atomic E-state index is 13.2. The molecule has 0 amide bonds. The van der Waals surface area contributed by atoms with E-state index in [9.17, 15) is 9.90 Å². The SMILES string of the molecule is O=C(C1=C(COOCc2ccccc2)C(CO)CC1)c1ccc(-c2ccc(Cl)cc2)cc1. The van der Waals surface area contributed by atoms with Crippen LogP contribution in [0.4, 0.5) is 0 Å². The topological polar surface area (TPSA) is 55.8 Å². The Labute approximate surface area is 193 Å². The molecule has 0 fully saturated rings. The third-order valence-corrected chi connectivity index (χ3v) is 6.06. The molecule has 0 aliphatic heterocycles. The summed E-state index contributed by atoms with van der Waals surface area (Å²) in [6.07, 6.45) is 1.36. The van der Waals surface area contributed by atoms with Gasteiger partial charge in [0.15, 0.2) is 5.78 Å². The lowest BCUT2D eigenvalue weighted by molar-refractivity contribution is -0.298. The van der Waals surface area contributed by atoms with Gasteiger partial charge in [0.25, 0.3) is 0 Å². The van der Waals surface area contributed by atoms with E-state index < -0.39 is 0 Å². The van der Waals surface area contributed by atoms with E-state index in [1.807, 2.05) is 78.9 Å². The highest BCUT2D eigenvalue weighted by Crippen LogP contribution is 2.34. The molecular weight excluding hydrogens is 424 g/mol. The quantitative estimate of drug-likeness (QED) is 0.188. The maximum Gasteiger partial charge on any atom is 0.189 e. The predicted octanol–water partition coefficient (Wildman–Crippen LogP) is 6.04. The molecule has 0 saturated carbocycles. The molecule has 0 bridgehead atoms. The minimum Gasteiger partial charge on any atom is -0.396 e. The van der Waals surface area contributed by atoms with Crippen molar-refractivity contribution in [2.75, 3.05) is 13.2 Å². The minimum atomic E-state index is -0.0809. The molecule has 0 spiro atoms. The summed E-state index contributed by atoms with van der Waals surface area (Å²) in [5.74, 6) is -0.104. The van der Waals surface area contributed by atoms with E-state index in [0.29, 0.717) is 29.2 Å². The van der Waals surface area contributed by atoms with Crippen LogP contribution in [0, 0.1) is 5.92 Å². The molecule has 0 radical (unpaired) electrons. The highest BCUT2D eigenvalue weighted by atomic mass is 35.5. The van der Waals surface area contributed by atoms with Crippen LogP contribution in [-0.2, 0) is 16.4 Å². The summed E-state index contributed by atoms with van der Waals surface area (Å²) >= 11 is 5.97. The molecule has 5 heteroatoms. The number of hydrogen-bond donors (Lipinski definition) is 1. The number of aliphatic hydroxyl groups is 1. The van der Waals surface area contributed by atoms with Crippen LogP contribution in [0.25, 0.3) is 11.1 Å². The highest BCUT2D eigenvalue weighted by molar-refractivity contribution is 6.30. The van der Waals surface area contributed by atoms with Crippen molar-refractivity contribution in [2.45, 2.75) is 19.4 Å². The number of aliphatic hydroxyl groups excluding tert-OH is 1. The van der Waals surface area contributed by atoms with Gasteiger partial charge in [0.05, 0.1) is 0 Å². The van der Waals surface area contributed by atoms with E-state index >= 15 is 0 Å². The molecule has 1 unspecified atom stereocenters. The number of carbonyl (C=O) groups excluding carboxylic acids is 1. The van der Waals surface area contributed by atoms with E-state index in [-0.39, 0.29) is 24.9 Å². The Morgan fingerprint density at radius 2 is 1.50 bits per heavy atom. The molecule has 4 nitrogen and oxygen atoms in total. The van der Waals surface area contributed by atoms with Gasteiger partial charge in [-0.3, -0.25) is 4.79 Å². The Balaban J connectivity index is 1.45. The summed E-state index contributed by atoms with van der Waals surface area (Å²) in [6.45, 7) is 0.485. The van der Waals surface area contributed by atoms with Gasteiger partial charge < -0.3 is 5.11 Å². The molecule has 0 aromatic heterocycles. The number of Topliss-reactive ketones (excluding diaryl/α,β-unsaturated/α-hetero) is 1. The van der Waals surface area contributed by atoms with Crippen molar-refractivity contribution in [1.29, 1.82) is 0 Å². The molecule has 0 heterocycles. The smallest absolute Gasteiger partial charge is 0.189 e. The lowest BCUT2D eigenvalue weighted by atomic mass is 9.96. The molecule has 164 valence electrons. The number of rotatable bonds is 9. The summed E-state index contributed by atoms with van der Waals surface area (Å²) in [5.41, 5.74) is 5.23. The Kier molecular flexibility index (Phi) is 7.51. The largest absolute Gasteiger partial charge is 0.396 e. The average molecular weight is 449 g/mol. The molecule has 1 aliphatic carbocycles. The Bertz CT molecular complexity index is 1070. The third-order valence-electron chi connectivity index (χ3n) is 5.81. The third kappa shape index (κ3) is 5.34. The summed E-state index contributed by atoms with van der Waals surface area (Å²) < 4.78 is 0. The number of halogens is 1. The summed E-state index contributed by atoms with van der Waals surface area (Å²) in [6, 6.07) is 24.9. The van der Waals surface area contributed by atoms with Crippen molar-refractivity contribution in [3.05, 3.63) is 106 Å². The zero-order valence-corrected chi connectivity index (χ0v) is 18.4. The summed E-state index contributed by atoms with van der Waals surface area (Å²) in [7, 11) is 0. The number of allylic oxidation sites excluding steroid dienone is 1. The van der Waals surface area contributed by atoms with Gasteiger partial charge in [-0.15, -0.1) is 0 Å². The first-order valence-corrected chi connectivity index (χ1v) is 11.1. The van der Waals surface area contributed by atoms with Crippen LogP contribution in [0.1, 0.15) is 28.8 Å². The normalized spacial score (nSPS) is 15.9. The van der Waals surface area contributed by atoms with Crippen molar-refractivity contribution in [2.24, 2.45) is 5.92 Å². The van der Waals surface area contributed by atoms with E-state index in [1.54, 1.807) is 0 Å². The van der Waals surface area contributed by atoms with Crippen LogP contribution in [0.15, 0.2) is 90.0 Å². The molecule has 1 aliphatic rings. The Morgan fingerprint density at radius 1 is 0.875 bits per heavy atom. The van der Waals surface area contributed by atoms with Gasteiger partial charge in [0.2, 0.25) is 0 Å². The molecular formula is C27H25ClO4. The standard InChI is InChI=1S/C27H25ClO4/c28-24-13-10-21(11-14-24)20-6-8-22(9-7-20)27(30)25-15-12-23(16-29)26(25)18-32-31-17-19-4-2-1-3-5-19/h1-11,13-14,23,29H,12,15-18H2. The average Bonchev–Trinajstić information content (AvgIpc) is 3.25. The molecule has 0 saturated heterocycles. The van der Waals surface area contributed by atoms with Crippen molar-refractivity contribution in [1.82, 2.24) is 0 Å². The summed E-state index contributed by atoms with van der Waals surface area (Å²) in [4.78, 5) is 24.0. The van der Waals surface area contributed by atoms with Gasteiger partial charge in [0, 0.05) is 28.7 Å². The van der Waals surface area contributed by atoms with E-state index in [1.165, 1.54) is 0 Å². The van der Waals surface area contributed by atoms with Crippen molar-refractivity contribution in [3.8, 4) is 11.1 Å². The van der Waals surface area contributed by atoms with E-state index in [0.717, 1.165) is 28.7 Å². The van der Waals surface area contributed by atoms with Crippen LogP contribution in [0.5, 0.6) is 0 Å². The van der Waals surface area contributed by atoms with Crippen LogP contribution >= 0.6 is 11.6 Å². The number of carbonyl (C=O) groups is 1. The lowest BCUT2D eigenvalue weighted by Gasteiger charge is -2.13. The molecule has 1 atom stereocenters. The van der Waals surface area contributed by atoms with Gasteiger partial charge in [-0.2, -0.15) is 0 Å². The van der Waals surface area contributed by atoms with Crippen molar-refractivity contribution >= 4 is 17.4 Å². The van der Waals surface area contributed by atoms with Crippen LogP contribution < -0.4 is 0 Å². The number of ketones is 1. The fourth-order valence-electron chi connectivity index (χ4n) is 3.99. The molecule has 32 heavy (non-hydrogen) atoms. The lowest BCUT2D eigenvalue weighted by Crippen LogP contribution is -2.13. The van der Waals surface area contributed by atoms with E-state index in [4.69, 9.17) is 21.4 Å². The van der Waals surface area contributed by atoms with Gasteiger partial charge >= 0.3 is 0 Å². The first kappa shape index (κ1) is 22.4. The van der Waals surface area contributed by atoms with Gasteiger partial charge in [0.1, 0.15) is 13.2 Å². The summed E-state index contributed by atoms with van der Waals surface area (Å²) in [5, 5.41) is 10.5. The van der Waals surface area contributed by atoms with Crippen LogP contribution in [-0.4, -0.2) is 24.1 Å². The molecule has 4 rings (SSSR count). The second kappa shape index (κ2) is 10.7. The first-order valence-electron chi connectivity index (χ1n) is 10.7. The van der Waals surface area contributed by atoms with Crippen LogP contribution in [0.2, 0.25) is 5.02 Å². The van der Waals surface area contributed by atoms with Gasteiger partial charge in [-0.25, -0.2) is 9.78 Å². The van der Waals surface area contributed by atoms with E-state index in [2.05, 4.69) is 0 Å². The second-order valence-corrected chi connectivity index (χ2v) is 8.28. The number of benzene rings is 3. The fraction of sp³-hybridized carbons (Fsp3) is 0.222. The first-order chi connectivity index (χ1) is 15.7. The zero-order valence-electron chi connectivity index (χ0n) is 17.7. The maximum absolute atomic E-state index is 13.2. The van der Waals surface area contributed by atoms with Gasteiger partial charge in [-0.05, 0) is 47.2 Å². The molecule has 3 aromatic carbocycles. The van der Waals surface area contributed by atoms with Crippen molar-refractivity contribution in [3.63, 3.8) is 0 Å². The monoisotopic (exact) mass is 448 g/mol. The molecule has 3 aromatic rings. The second-order valence-electron chi connectivity index (χ2n) is 7.85. The Hall–Kier alpha value is -2.76.